The molecule has 0 aliphatic rings. The Morgan fingerprint density at radius 2 is 2.07 bits per heavy atom. The van der Waals surface area contributed by atoms with Crippen molar-refractivity contribution in [3.8, 4) is 18.1 Å². The SMILES string of the molecule is C#Cc1ccc(NC(=O)c2ccn3c(C)cc(C)nc23)c(OCCOC)c1. The molecular weight excluding hydrogens is 342 g/mol. The largest absolute Gasteiger partial charge is 0.489 e. The molecule has 0 atom stereocenters. The van der Waals surface area contributed by atoms with Crippen molar-refractivity contribution in [2.45, 2.75) is 13.8 Å². The van der Waals surface area contributed by atoms with Crippen molar-refractivity contribution in [1.29, 1.82) is 0 Å². The maximum absolute atomic E-state index is 12.9. The van der Waals surface area contributed by atoms with Crippen molar-refractivity contribution in [2.24, 2.45) is 0 Å². The van der Waals surface area contributed by atoms with Crippen molar-refractivity contribution >= 4 is 17.2 Å². The predicted molar refractivity (Wildman–Crippen MR) is 104 cm³/mol. The molecular formula is C21H21N3O3. The van der Waals surface area contributed by atoms with Gasteiger partial charge in [-0.25, -0.2) is 4.98 Å². The molecule has 2 heterocycles. The van der Waals surface area contributed by atoms with Crippen LogP contribution in [0.5, 0.6) is 5.75 Å². The minimum Gasteiger partial charge on any atom is -0.489 e. The normalized spacial score (nSPS) is 10.6. The molecule has 0 saturated carbocycles. The van der Waals surface area contributed by atoms with Gasteiger partial charge in [0.1, 0.15) is 18.0 Å². The quantitative estimate of drug-likeness (QED) is 0.539. The molecule has 0 aliphatic carbocycles. The first-order valence-electron chi connectivity index (χ1n) is 8.52. The first kappa shape index (κ1) is 18.5. The summed E-state index contributed by atoms with van der Waals surface area (Å²) in [6.45, 7) is 4.66. The third-order valence-corrected chi connectivity index (χ3v) is 4.13. The first-order chi connectivity index (χ1) is 13.0. The van der Waals surface area contributed by atoms with Gasteiger partial charge < -0.3 is 19.2 Å². The maximum Gasteiger partial charge on any atom is 0.259 e. The molecule has 3 aromatic rings. The Bertz CT molecular complexity index is 1030. The minimum absolute atomic E-state index is 0.264. The predicted octanol–water partition coefficient (Wildman–Crippen LogP) is 3.21. The smallest absolute Gasteiger partial charge is 0.259 e. The van der Waals surface area contributed by atoms with Gasteiger partial charge in [-0.05, 0) is 44.2 Å². The van der Waals surface area contributed by atoms with Gasteiger partial charge in [-0.1, -0.05) is 5.92 Å². The lowest BCUT2D eigenvalue weighted by molar-refractivity contribution is 0.102. The summed E-state index contributed by atoms with van der Waals surface area (Å²) in [4.78, 5) is 17.4. The average Bonchev–Trinajstić information content (AvgIpc) is 3.07. The van der Waals surface area contributed by atoms with Crippen LogP contribution in [0, 0.1) is 26.2 Å². The van der Waals surface area contributed by atoms with Crippen molar-refractivity contribution in [3.05, 3.63) is 59.0 Å². The molecule has 0 aliphatic heterocycles. The molecule has 2 aromatic heterocycles. The number of nitrogens with zero attached hydrogens (tertiary/aromatic N) is 2. The highest BCUT2D eigenvalue weighted by Gasteiger charge is 2.16. The maximum atomic E-state index is 12.9. The van der Waals surface area contributed by atoms with Gasteiger partial charge in [0.05, 0.1) is 17.9 Å². The van der Waals surface area contributed by atoms with Gasteiger partial charge in [0.2, 0.25) is 0 Å². The number of amides is 1. The molecule has 0 bridgehead atoms. The highest BCUT2D eigenvalue weighted by molar-refractivity contribution is 6.09. The number of hydrogen-bond acceptors (Lipinski definition) is 4. The third kappa shape index (κ3) is 3.94. The topological polar surface area (TPSA) is 64.9 Å². The van der Waals surface area contributed by atoms with Gasteiger partial charge in [-0.3, -0.25) is 4.79 Å². The number of carbonyl (C=O) groups is 1. The van der Waals surface area contributed by atoms with Gasteiger partial charge in [-0.2, -0.15) is 0 Å². The standard InChI is InChI=1S/C21H21N3O3/c1-5-16-6-7-18(19(13-16)27-11-10-26-4)23-21(25)17-8-9-24-15(3)12-14(2)22-20(17)24/h1,6-9,12-13H,10-11H2,2-4H3,(H,23,25). The Hall–Kier alpha value is -3.30. The van der Waals surface area contributed by atoms with Crippen LogP contribution in [-0.2, 0) is 4.74 Å². The number of rotatable bonds is 6. The lowest BCUT2D eigenvalue weighted by atomic mass is 10.2. The molecule has 27 heavy (non-hydrogen) atoms. The van der Waals surface area contributed by atoms with E-state index in [9.17, 15) is 4.79 Å². The van der Waals surface area contributed by atoms with Crippen LogP contribution in [0.1, 0.15) is 27.3 Å². The Labute approximate surface area is 158 Å². The number of terminal acetylenes is 1. The monoisotopic (exact) mass is 363 g/mol. The van der Waals surface area contributed by atoms with E-state index in [1.165, 1.54) is 0 Å². The second-order valence-corrected chi connectivity index (χ2v) is 6.11. The molecule has 138 valence electrons. The Balaban J connectivity index is 1.91. The van der Waals surface area contributed by atoms with Crippen molar-refractivity contribution < 1.29 is 14.3 Å². The van der Waals surface area contributed by atoms with Crippen molar-refractivity contribution in [3.63, 3.8) is 0 Å². The molecule has 0 spiro atoms. The van der Waals surface area contributed by atoms with Crippen LogP contribution in [-0.4, -0.2) is 35.6 Å². The number of aryl methyl sites for hydroxylation is 2. The molecule has 1 N–H and O–H groups in total. The summed E-state index contributed by atoms with van der Waals surface area (Å²) in [6, 6.07) is 8.93. The summed E-state index contributed by atoms with van der Waals surface area (Å²) in [5, 5.41) is 2.90. The molecule has 6 nitrogen and oxygen atoms in total. The van der Waals surface area contributed by atoms with Crippen LogP contribution in [0.3, 0.4) is 0 Å². The van der Waals surface area contributed by atoms with E-state index < -0.39 is 0 Å². The molecule has 6 heteroatoms. The van der Waals surface area contributed by atoms with Gasteiger partial charge in [0, 0.05) is 30.3 Å². The summed E-state index contributed by atoms with van der Waals surface area (Å²) < 4.78 is 12.6. The van der Waals surface area contributed by atoms with Gasteiger partial charge in [0.15, 0.2) is 0 Å². The summed E-state index contributed by atoms with van der Waals surface area (Å²) in [5.74, 6) is 2.80. The third-order valence-electron chi connectivity index (χ3n) is 4.13. The number of hydrogen-bond donors (Lipinski definition) is 1. The number of anilines is 1. The summed E-state index contributed by atoms with van der Waals surface area (Å²) in [7, 11) is 1.60. The highest BCUT2D eigenvalue weighted by atomic mass is 16.5. The van der Waals surface area contributed by atoms with Crippen LogP contribution in [0.4, 0.5) is 5.69 Å². The number of aromatic nitrogens is 2. The molecule has 0 saturated heterocycles. The van der Waals surface area contributed by atoms with Gasteiger partial charge in [0.25, 0.3) is 5.91 Å². The second-order valence-electron chi connectivity index (χ2n) is 6.11. The Morgan fingerprint density at radius 1 is 1.26 bits per heavy atom. The first-order valence-corrected chi connectivity index (χ1v) is 8.52. The fraction of sp³-hybridized carbons (Fsp3) is 0.238. The lowest BCUT2D eigenvalue weighted by Gasteiger charge is -2.13. The zero-order valence-corrected chi connectivity index (χ0v) is 15.6. The zero-order chi connectivity index (χ0) is 19.4. The fourth-order valence-corrected chi connectivity index (χ4v) is 2.83. The number of methoxy groups -OCH3 is 1. The van der Waals surface area contributed by atoms with E-state index in [1.54, 1.807) is 31.4 Å². The van der Waals surface area contributed by atoms with Crippen LogP contribution < -0.4 is 10.1 Å². The van der Waals surface area contributed by atoms with E-state index in [2.05, 4.69) is 16.2 Å². The molecule has 0 radical (unpaired) electrons. The zero-order valence-electron chi connectivity index (χ0n) is 15.6. The molecule has 1 aromatic carbocycles. The van der Waals surface area contributed by atoms with E-state index >= 15 is 0 Å². The number of nitrogens with one attached hydrogen (secondary N) is 1. The number of carbonyl (C=O) groups excluding carboxylic acids is 1. The summed E-state index contributed by atoms with van der Waals surface area (Å²) >= 11 is 0. The minimum atomic E-state index is -0.264. The van der Waals surface area contributed by atoms with Crippen LogP contribution in [0.2, 0.25) is 0 Å². The van der Waals surface area contributed by atoms with Crippen LogP contribution in [0.25, 0.3) is 5.65 Å². The second kappa shape index (κ2) is 7.94. The van der Waals surface area contributed by atoms with Crippen LogP contribution >= 0.6 is 0 Å². The van der Waals surface area contributed by atoms with E-state index in [-0.39, 0.29) is 5.91 Å². The van der Waals surface area contributed by atoms with E-state index in [1.807, 2.05) is 30.5 Å². The van der Waals surface area contributed by atoms with E-state index in [0.29, 0.717) is 41.4 Å². The van der Waals surface area contributed by atoms with E-state index in [0.717, 1.165) is 11.4 Å². The van der Waals surface area contributed by atoms with Crippen LogP contribution in [0.15, 0.2) is 36.5 Å². The van der Waals surface area contributed by atoms with Gasteiger partial charge >= 0.3 is 0 Å². The summed E-state index contributed by atoms with van der Waals surface area (Å²) in [5.41, 5.74) is 4.19. The van der Waals surface area contributed by atoms with E-state index in [4.69, 9.17) is 15.9 Å². The number of ether oxygens (including phenoxy) is 2. The fourth-order valence-electron chi connectivity index (χ4n) is 2.83. The number of benzene rings is 1. The highest BCUT2D eigenvalue weighted by Crippen LogP contribution is 2.27. The van der Waals surface area contributed by atoms with Gasteiger partial charge in [-0.15, -0.1) is 6.42 Å². The lowest BCUT2D eigenvalue weighted by Crippen LogP contribution is -2.14. The molecule has 1 amide bonds. The molecule has 0 fully saturated rings. The molecule has 3 rings (SSSR count). The van der Waals surface area contributed by atoms with Crippen molar-refractivity contribution in [1.82, 2.24) is 9.38 Å². The number of fused-ring (bicyclic) bond motifs is 1. The Morgan fingerprint density at radius 3 is 2.81 bits per heavy atom. The Kier molecular flexibility index (Phi) is 5.43. The van der Waals surface area contributed by atoms with Crippen molar-refractivity contribution in [2.75, 3.05) is 25.6 Å². The average molecular weight is 363 g/mol. The summed E-state index contributed by atoms with van der Waals surface area (Å²) in [6.07, 6.45) is 7.30. The molecule has 0 unspecified atom stereocenters.